The summed E-state index contributed by atoms with van der Waals surface area (Å²) in [5, 5.41) is 34.0. The van der Waals surface area contributed by atoms with E-state index >= 15 is 0 Å². The van der Waals surface area contributed by atoms with Crippen LogP contribution in [0.3, 0.4) is 0 Å². The zero-order valence-electron chi connectivity index (χ0n) is 21.0. The van der Waals surface area contributed by atoms with Crippen LogP contribution >= 0.6 is 0 Å². The minimum Gasteiger partial charge on any atom is -0.387 e. The topological polar surface area (TPSA) is 171 Å². The minimum atomic E-state index is -2.85. The van der Waals surface area contributed by atoms with Crippen LogP contribution in [0.15, 0.2) is 24.8 Å². The molecule has 0 radical (unpaired) electrons. The highest BCUT2D eigenvalue weighted by Crippen LogP contribution is 2.33. The van der Waals surface area contributed by atoms with Crippen LogP contribution in [0.4, 0.5) is 5.82 Å². The summed E-state index contributed by atoms with van der Waals surface area (Å²) in [5.74, 6) is -1.43. The van der Waals surface area contributed by atoms with Crippen LogP contribution in [0.1, 0.15) is 20.0 Å². The number of anilines is 1. The molecule has 0 unspecified atom stereocenters. The number of aliphatic hydroxyl groups is 2. The molecule has 1 fully saturated rings. The fourth-order valence-corrected chi connectivity index (χ4v) is 3.12. The largest absolute Gasteiger partial charge is 0.387 e. The highest BCUT2D eigenvalue weighted by molar-refractivity contribution is 5.85. The monoisotopic (exact) mass is 416 g/mol. The first-order valence-corrected chi connectivity index (χ1v) is 8.49. The SMILES string of the molecule is [2H]C([2H])([2H])NC(=O)[C@H]1O[C@@H](n2cnc3c(NC([2H])([2H])[2H])nc(-c4cncc(C#N)c4)nc32)[C@H](O)[C@@H]1O. The quantitative estimate of drug-likeness (QED) is 0.420. The van der Waals surface area contributed by atoms with E-state index in [0.717, 1.165) is 10.9 Å². The summed E-state index contributed by atoms with van der Waals surface area (Å²) in [6, 6.07) is 3.34. The van der Waals surface area contributed by atoms with Crippen LogP contribution in [-0.2, 0) is 9.53 Å². The molecular formula is C18H18N8O4. The number of fused-ring (bicyclic) bond motifs is 1. The Morgan fingerprint density at radius 3 is 2.97 bits per heavy atom. The second kappa shape index (κ2) is 7.64. The number of imidazole rings is 1. The van der Waals surface area contributed by atoms with Gasteiger partial charge in [-0.05, 0) is 6.07 Å². The highest BCUT2D eigenvalue weighted by Gasteiger charge is 2.47. The molecule has 3 aromatic rings. The van der Waals surface area contributed by atoms with Crippen LogP contribution < -0.4 is 10.6 Å². The first-order chi connectivity index (χ1) is 16.8. The molecule has 4 rings (SSSR count). The zero-order chi connectivity index (χ0) is 26.4. The molecule has 154 valence electrons. The molecule has 1 aliphatic rings. The molecule has 4 N–H and O–H groups in total. The van der Waals surface area contributed by atoms with E-state index in [1.807, 2.05) is 6.07 Å². The Balaban J connectivity index is 1.80. The van der Waals surface area contributed by atoms with Gasteiger partial charge in [-0.1, -0.05) is 0 Å². The molecule has 3 aromatic heterocycles. The van der Waals surface area contributed by atoms with Crippen molar-refractivity contribution in [1.29, 1.82) is 5.26 Å². The molecule has 0 saturated carbocycles. The van der Waals surface area contributed by atoms with Crippen molar-refractivity contribution in [1.82, 2.24) is 29.8 Å². The van der Waals surface area contributed by atoms with Gasteiger partial charge in [-0.15, -0.1) is 0 Å². The van der Waals surface area contributed by atoms with Crippen molar-refractivity contribution in [3.63, 3.8) is 0 Å². The first-order valence-electron chi connectivity index (χ1n) is 11.5. The third kappa shape index (κ3) is 3.11. The molecule has 30 heavy (non-hydrogen) atoms. The van der Waals surface area contributed by atoms with Crippen molar-refractivity contribution in [2.45, 2.75) is 24.5 Å². The number of aromatic nitrogens is 5. The number of nitrogens with one attached hydrogen (secondary N) is 2. The first kappa shape index (κ1) is 13.5. The van der Waals surface area contributed by atoms with Crippen LogP contribution in [0, 0.1) is 11.3 Å². The number of rotatable bonds is 4. The Morgan fingerprint density at radius 2 is 2.20 bits per heavy atom. The van der Waals surface area contributed by atoms with Crippen molar-refractivity contribution in [3.8, 4) is 17.5 Å². The van der Waals surface area contributed by atoms with E-state index < -0.39 is 44.4 Å². The molecule has 0 aromatic carbocycles. The second-order valence-corrected chi connectivity index (χ2v) is 6.34. The molecule has 12 heteroatoms. The van der Waals surface area contributed by atoms with Gasteiger partial charge >= 0.3 is 0 Å². The third-order valence-electron chi connectivity index (χ3n) is 4.56. The van der Waals surface area contributed by atoms with Crippen molar-refractivity contribution in [2.24, 2.45) is 0 Å². The number of hydrogen-bond acceptors (Lipinski definition) is 10. The van der Waals surface area contributed by atoms with Gasteiger partial charge in [0.25, 0.3) is 5.91 Å². The Bertz CT molecular complexity index is 1350. The lowest BCUT2D eigenvalue weighted by Crippen LogP contribution is -2.41. The molecule has 4 atom stereocenters. The number of carbonyl (C=O) groups excluding carboxylic acids is 1. The van der Waals surface area contributed by atoms with Gasteiger partial charge in [0, 0.05) is 40.1 Å². The van der Waals surface area contributed by atoms with Crippen molar-refractivity contribution >= 4 is 22.9 Å². The molecule has 0 aliphatic carbocycles. The molecule has 1 aliphatic heterocycles. The van der Waals surface area contributed by atoms with Crippen LogP contribution in [0.25, 0.3) is 22.6 Å². The van der Waals surface area contributed by atoms with E-state index in [1.54, 1.807) is 5.32 Å². The maximum Gasteiger partial charge on any atom is 0.251 e. The Morgan fingerprint density at radius 1 is 1.33 bits per heavy atom. The van der Waals surface area contributed by atoms with Gasteiger partial charge in [-0.3, -0.25) is 14.3 Å². The summed E-state index contributed by atoms with van der Waals surface area (Å²) >= 11 is 0. The average molecular weight is 416 g/mol. The van der Waals surface area contributed by atoms with E-state index in [1.165, 1.54) is 18.5 Å². The minimum absolute atomic E-state index is 0.0417. The van der Waals surface area contributed by atoms with Crippen molar-refractivity contribution in [2.75, 3.05) is 19.3 Å². The second-order valence-electron chi connectivity index (χ2n) is 6.34. The number of likely N-dealkylation sites (N-methyl/N-ethyl adjacent to an activating group) is 1. The predicted molar refractivity (Wildman–Crippen MR) is 103 cm³/mol. The number of hydrogen-bond donors (Lipinski definition) is 4. The molecule has 1 saturated heterocycles. The molecule has 4 heterocycles. The molecular weight excluding hydrogens is 392 g/mol. The van der Waals surface area contributed by atoms with Gasteiger partial charge in [-0.2, -0.15) is 5.26 Å². The summed E-state index contributed by atoms with van der Waals surface area (Å²) < 4.78 is 50.7. The zero-order valence-corrected chi connectivity index (χ0v) is 15.0. The maximum absolute atomic E-state index is 12.3. The van der Waals surface area contributed by atoms with Gasteiger partial charge in [0.1, 0.15) is 18.3 Å². The summed E-state index contributed by atoms with van der Waals surface area (Å²) in [5.41, 5.74) is 0.359. The van der Waals surface area contributed by atoms with Gasteiger partial charge in [0.2, 0.25) is 0 Å². The van der Waals surface area contributed by atoms with E-state index in [4.69, 9.17) is 18.2 Å². The molecule has 0 spiro atoms. The highest BCUT2D eigenvalue weighted by atomic mass is 16.6. The smallest absolute Gasteiger partial charge is 0.251 e. The van der Waals surface area contributed by atoms with E-state index in [0.29, 0.717) is 0 Å². The number of carbonyl (C=O) groups is 1. The van der Waals surface area contributed by atoms with Gasteiger partial charge in [0.15, 0.2) is 35.1 Å². The number of nitrogens with zero attached hydrogens (tertiary/aromatic N) is 6. The summed E-state index contributed by atoms with van der Waals surface area (Å²) in [4.78, 5) is 28.9. The van der Waals surface area contributed by atoms with Crippen LogP contribution in [0.2, 0.25) is 0 Å². The fourth-order valence-electron chi connectivity index (χ4n) is 3.12. The van der Waals surface area contributed by atoms with Crippen molar-refractivity contribution in [3.05, 3.63) is 30.4 Å². The van der Waals surface area contributed by atoms with Crippen LogP contribution in [0.5, 0.6) is 0 Å². The number of nitriles is 1. The number of pyridine rings is 1. The molecule has 0 bridgehead atoms. The number of amides is 1. The Labute approximate surface area is 178 Å². The molecule has 1 amide bonds. The summed E-state index contributed by atoms with van der Waals surface area (Å²) in [7, 11) is 0. The van der Waals surface area contributed by atoms with Gasteiger partial charge in [-0.25, -0.2) is 15.0 Å². The molecule has 12 nitrogen and oxygen atoms in total. The standard InChI is InChI=1S/C18H18N8O4/c1-20-15-10-16(25-14(24-15)9-3-8(4-19)5-22-6-9)26(7-23-10)18-12(28)11(27)13(30-18)17(29)21-2/h3,5-7,11-13,18,27-28H,1-2H3,(H,21,29)(H,20,24,25)/t11-,12+,13-,18+/m0/s1/i1D3,2D3. The van der Waals surface area contributed by atoms with E-state index in [-0.39, 0.29) is 33.9 Å². The third-order valence-corrected chi connectivity index (χ3v) is 4.56. The number of ether oxygens (including phenoxy) is 1. The summed E-state index contributed by atoms with van der Waals surface area (Å²) in [6.45, 7) is -5.53. The Hall–Kier alpha value is -3.66. The van der Waals surface area contributed by atoms with E-state index in [2.05, 4.69) is 25.3 Å². The Kier molecular flexibility index (Phi) is 3.45. The van der Waals surface area contributed by atoms with E-state index in [9.17, 15) is 15.0 Å². The van der Waals surface area contributed by atoms with Gasteiger partial charge < -0.3 is 25.6 Å². The summed E-state index contributed by atoms with van der Waals surface area (Å²) in [6.07, 6.45) is -2.92. The maximum atomic E-state index is 12.3. The lowest BCUT2D eigenvalue weighted by molar-refractivity contribution is -0.137. The van der Waals surface area contributed by atoms with Crippen molar-refractivity contribution < 1.29 is 28.0 Å². The van der Waals surface area contributed by atoms with Crippen LogP contribution in [-0.4, -0.2) is 72.9 Å². The predicted octanol–water partition coefficient (Wildman–Crippen LogP) is -0.833. The fraction of sp³-hybridized carbons (Fsp3) is 0.333. The normalized spacial score (nSPS) is 27.1. The lowest BCUT2D eigenvalue weighted by atomic mass is 10.1. The number of aliphatic hydroxyl groups excluding tert-OH is 2. The average Bonchev–Trinajstić information content (AvgIpc) is 3.33. The van der Waals surface area contributed by atoms with Gasteiger partial charge in [0.05, 0.1) is 11.9 Å². The lowest BCUT2D eigenvalue weighted by Gasteiger charge is -2.17.